The van der Waals surface area contributed by atoms with Gasteiger partial charge in [0.25, 0.3) is 0 Å². The Balaban J connectivity index is 1.66. The molecule has 5 rings (SSSR count). The van der Waals surface area contributed by atoms with Gasteiger partial charge in [-0.1, -0.05) is 105 Å². The lowest BCUT2D eigenvalue weighted by Gasteiger charge is -2.15. The van der Waals surface area contributed by atoms with E-state index in [1.807, 2.05) is 36.4 Å². The highest BCUT2D eigenvalue weighted by Crippen LogP contribution is 2.32. The molecule has 0 bridgehead atoms. The minimum Gasteiger partial charge on any atom is -0.338 e. The first-order valence-electron chi connectivity index (χ1n) is 11.5. The zero-order chi connectivity index (χ0) is 21.9. The summed E-state index contributed by atoms with van der Waals surface area (Å²) in [6.45, 7) is 3.05. The third-order valence-electron chi connectivity index (χ3n) is 6.30. The fraction of sp³-hybridized carbons (Fsp3) is 0.167. The molecule has 32 heavy (non-hydrogen) atoms. The number of unbranched alkanes of at least 4 members (excludes halogenated alkanes) is 2. The molecule has 0 radical (unpaired) electrons. The van der Waals surface area contributed by atoms with Crippen molar-refractivity contribution in [3.8, 4) is 11.3 Å². The number of hydrogen-bond donors (Lipinski definition) is 0. The molecule has 4 aromatic carbocycles. The summed E-state index contributed by atoms with van der Waals surface area (Å²) in [5.41, 5.74) is 3.82. The Morgan fingerprint density at radius 2 is 1.34 bits per heavy atom. The number of benzene rings is 4. The number of carbonyl (C=O) groups is 1. The first kappa shape index (κ1) is 20.3. The van der Waals surface area contributed by atoms with Gasteiger partial charge in [0.1, 0.15) is 0 Å². The predicted molar refractivity (Wildman–Crippen MR) is 134 cm³/mol. The van der Waals surface area contributed by atoms with Gasteiger partial charge in [0.2, 0.25) is 5.78 Å². The fourth-order valence-electron chi connectivity index (χ4n) is 4.67. The molecular weight excluding hydrogens is 390 g/mol. The smallest absolute Gasteiger partial charge is 0.210 e. The normalized spacial score (nSPS) is 11.3. The van der Waals surface area contributed by atoms with Crippen LogP contribution in [-0.4, -0.2) is 10.4 Å². The molecule has 2 heteroatoms. The first-order valence-corrected chi connectivity index (χ1v) is 11.5. The summed E-state index contributed by atoms with van der Waals surface area (Å²) in [5, 5.41) is 4.53. The second-order valence-corrected chi connectivity index (χ2v) is 8.35. The summed E-state index contributed by atoms with van der Waals surface area (Å²) in [5.74, 6) is 0.0878. The molecule has 1 heterocycles. The lowest BCUT2D eigenvalue weighted by atomic mass is 10.00. The van der Waals surface area contributed by atoms with E-state index in [1.54, 1.807) is 0 Å². The van der Waals surface area contributed by atoms with E-state index >= 15 is 0 Å². The molecule has 0 atom stereocenters. The number of carbonyl (C=O) groups excluding carboxylic acids is 1. The maximum atomic E-state index is 13.8. The second kappa shape index (κ2) is 8.84. The van der Waals surface area contributed by atoms with Crippen LogP contribution in [0.1, 0.15) is 42.2 Å². The minimum atomic E-state index is 0.0878. The van der Waals surface area contributed by atoms with Crippen molar-refractivity contribution >= 4 is 27.3 Å². The molecule has 0 aliphatic heterocycles. The maximum Gasteiger partial charge on any atom is 0.210 e. The Morgan fingerprint density at radius 1 is 0.688 bits per heavy atom. The first-order chi connectivity index (χ1) is 15.8. The van der Waals surface area contributed by atoms with E-state index in [-0.39, 0.29) is 5.78 Å². The van der Waals surface area contributed by atoms with Crippen molar-refractivity contribution in [3.05, 3.63) is 108 Å². The van der Waals surface area contributed by atoms with Gasteiger partial charge in [0.15, 0.2) is 0 Å². The highest BCUT2D eigenvalue weighted by molar-refractivity contribution is 6.16. The van der Waals surface area contributed by atoms with Crippen LogP contribution in [-0.2, 0) is 6.54 Å². The second-order valence-electron chi connectivity index (χ2n) is 8.35. The average molecular weight is 418 g/mol. The van der Waals surface area contributed by atoms with Crippen molar-refractivity contribution in [1.82, 2.24) is 4.57 Å². The largest absolute Gasteiger partial charge is 0.338 e. The highest BCUT2D eigenvalue weighted by atomic mass is 16.1. The summed E-state index contributed by atoms with van der Waals surface area (Å²) >= 11 is 0. The van der Waals surface area contributed by atoms with Crippen LogP contribution in [0.3, 0.4) is 0 Å². The molecule has 0 aliphatic carbocycles. The van der Waals surface area contributed by atoms with Crippen molar-refractivity contribution < 1.29 is 4.79 Å². The molecule has 2 nitrogen and oxygen atoms in total. The standard InChI is InChI=1S/C30H27NO/c1-2-3-8-21-31-28(26-17-9-13-22-11-4-6-15-24(22)26)19-20-29(31)30(32)27-18-10-14-23-12-5-7-16-25(23)27/h4-7,9-20H,2-3,8,21H2,1H3. The lowest BCUT2D eigenvalue weighted by molar-refractivity contribution is 0.103. The molecule has 1 aromatic heterocycles. The molecule has 0 N–H and O–H groups in total. The van der Waals surface area contributed by atoms with Crippen molar-refractivity contribution in [1.29, 1.82) is 0 Å². The van der Waals surface area contributed by atoms with Gasteiger partial charge in [-0.05, 0) is 40.1 Å². The summed E-state index contributed by atoms with van der Waals surface area (Å²) in [7, 11) is 0. The van der Waals surface area contributed by atoms with Crippen molar-refractivity contribution in [3.63, 3.8) is 0 Å². The van der Waals surface area contributed by atoms with Gasteiger partial charge in [-0.3, -0.25) is 4.79 Å². The van der Waals surface area contributed by atoms with Gasteiger partial charge in [-0.2, -0.15) is 0 Å². The van der Waals surface area contributed by atoms with Crippen LogP contribution in [0.15, 0.2) is 97.1 Å². The molecule has 0 aliphatic rings. The molecule has 158 valence electrons. The van der Waals surface area contributed by atoms with E-state index in [1.165, 1.54) is 16.3 Å². The molecule has 5 aromatic rings. The van der Waals surface area contributed by atoms with Crippen LogP contribution in [0.5, 0.6) is 0 Å². The Kier molecular flexibility index (Phi) is 5.60. The summed E-state index contributed by atoms with van der Waals surface area (Å²) in [6.07, 6.45) is 3.35. The monoisotopic (exact) mass is 417 g/mol. The lowest BCUT2D eigenvalue weighted by Crippen LogP contribution is -2.12. The summed E-state index contributed by atoms with van der Waals surface area (Å²) in [6, 6.07) is 33.1. The molecule has 0 spiro atoms. The number of fused-ring (bicyclic) bond motifs is 2. The Morgan fingerprint density at radius 3 is 2.12 bits per heavy atom. The van der Waals surface area contributed by atoms with Crippen LogP contribution in [0.25, 0.3) is 32.8 Å². The zero-order valence-electron chi connectivity index (χ0n) is 18.4. The van der Waals surface area contributed by atoms with Gasteiger partial charge < -0.3 is 4.57 Å². The van der Waals surface area contributed by atoms with Crippen LogP contribution in [0.4, 0.5) is 0 Å². The van der Waals surface area contributed by atoms with E-state index in [0.29, 0.717) is 0 Å². The highest BCUT2D eigenvalue weighted by Gasteiger charge is 2.20. The molecule has 0 saturated carbocycles. The van der Waals surface area contributed by atoms with Gasteiger partial charge in [-0.15, -0.1) is 0 Å². The van der Waals surface area contributed by atoms with Crippen LogP contribution >= 0.6 is 0 Å². The number of rotatable bonds is 7. The van der Waals surface area contributed by atoms with Crippen LogP contribution < -0.4 is 0 Å². The van der Waals surface area contributed by atoms with E-state index < -0.39 is 0 Å². The molecule has 0 amide bonds. The summed E-state index contributed by atoms with van der Waals surface area (Å²) in [4.78, 5) is 13.8. The quantitative estimate of drug-likeness (QED) is 0.195. The molecule has 0 fully saturated rings. The Hall–Kier alpha value is -3.65. The number of nitrogens with zero attached hydrogens (tertiary/aromatic N) is 1. The van der Waals surface area contributed by atoms with E-state index in [2.05, 4.69) is 72.2 Å². The van der Waals surface area contributed by atoms with Crippen molar-refractivity contribution in [2.75, 3.05) is 0 Å². The third-order valence-corrected chi connectivity index (χ3v) is 6.30. The molecular formula is C30H27NO. The maximum absolute atomic E-state index is 13.8. The number of ketones is 1. The van der Waals surface area contributed by atoms with Crippen molar-refractivity contribution in [2.24, 2.45) is 0 Å². The fourth-order valence-corrected chi connectivity index (χ4v) is 4.67. The van der Waals surface area contributed by atoms with E-state index in [9.17, 15) is 4.79 Å². The molecule has 0 unspecified atom stereocenters. The zero-order valence-corrected chi connectivity index (χ0v) is 18.4. The van der Waals surface area contributed by atoms with Crippen molar-refractivity contribution in [2.45, 2.75) is 32.7 Å². The van der Waals surface area contributed by atoms with E-state index in [4.69, 9.17) is 0 Å². The number of aromatic nitrogens is 1. The van der Waals surface area contributed by atoms with Gasteiger partial charge in [0, 0.05) is 23.4 Å². The topological polar surface area (TPSA) is 22.0 Å². The molecule has 0 saturated heterocycles. The Labute approximate surface area is 189 Å². The third kappa shape index (κ3) is 3.62. The van der Waals surface area contributed by atoms with E-state index in [0.717, 1.165) is 53.5 Å². The van der Waals surface area contributed by atoms with Gasteiger partial charge in [-0.25, -0.2) is 0 Å². The average Bonchev–Trinajstić information content (AvgIpc) is 3.26. The van der Waals surface area contributed by atoms with Gasteiger partial charge >= 0.3 is 0 Å². The number of hydrogen-bond acceptors (Lipinski definition) is 1. The van der Waals surface area contributed by atoms with Crippen LogP contribution in [0.2, 0.25) is 0 Å². The summed E-state index contributed by atoms with van der Waals surface area (Å²) < 4.78 is 2.24. The Bertz CT molecular complexity index is 1400. The van der Waals surface area contributed by atoms with Gasteiger partial charge in [0.05, 0.1) is 5.69 Å². The van der Waals surface area contributed by atoms with Crippen LogP contribution in [0, 0.1) is 0 Å². The SMILES string of the molecule is CCCCCn1c(C(=O)c2cccc3ccccc23)ccc1-c1cccc2ccccc12. The predicted octanol–water partition coefficient (Wildman–Crippen LogP) is 7.88. The minimum absolute atomic E-state index is 0.0878.